The number of benzene rings is 2. The molecule has 0 bridgehead atoms. The van der Waals surface area contributed by atoms with Crippen LogP contribution in [0.4, 0.5) is 0 Å². The summed E-state index contributed by atoms with van der Waals surface area (Å²) in [6.45, 7) is 23.4. The molecule has 0 saturated heterocycles. The lowest BCUT2D eigenvalue weighted by Gasteiger charge is -2.35. The first kappa shape index (κ1) is 31.6. The van der Waals surface area contributed by atoms with Crippen molar-refractivity contribution in [1.29, 1.82) is 0 Å². The van der Waals surface area contributed by atoms with E-state index in [1.165, 1.54) is 72.5 Å². The summed E-state index contributed by atoms with van der Waals surface area (Å²) in [5, 5.41) is 0. The highest BCUT2D eigenvalue weighted by Gasteiger charge is 2.21. The zero-order valence-corrected chi connectivity index (χ0v) is 23.0. The predicted molar refractivity (Wildman–Crippen MR) is 141 cm³/mol. The van der Waals surface area contributed by atoms with Gasteiger partial charge in [-0.05, 0) is 50.7 Å². The Labute approximate surface area is 208 Å². The van der Waals surface area contributed by atoms with Gasteiger partial charge in [0, 0.05) is 11.1 Å². The molecule has 0 N–H and O–H groups in total. The standard InChI is InChI=1S/2C13H22N.H2O3S2/c2*1-4-14(5-2,6-3)12-13-10-8-7-9-11-13;1-5(2,3)4/h2*7-11H,4-6,12H2,1-3H3;(H2,1,2,3,4)/q2*+1;/p-2. The second-order valence-corrected chi connectivity index (χ2v) is 10.3. The third kappa shape index (κ3) is 13.8. The molecule has 0 aromatic heterocycles. The molecule has 0 aliphatic heterocycles. The Bertz CT molecular complexity index is 754. The monoisotopic (exact) mass is 496 g/mol. The minimum atomic E-state index is -4.33. The normalized spacial score (nSPS) is 11.6. The van der Waals surface area contributed by atoms with Crippen molar-refractivity contribution in [1.82, 2.24) is 0 Å². The van der Waals surface area contributed by atoms with Crippen molar-refractivity contribution in [2.24, 2.45) is 0 Å². The zero-order valence-electron chi connectivity index (χ0n) is 21.4. The van der Waals surface area contributed by atoms with Crippen molar-refractivity contribution in [2.75, 3.05) is 39.3 Å². The van der Waals surface area contributed by atoms with E-state index in [0.29, 0.717) is 0 Å². The second kappa shape index (κ2) is 16.3. The highest BCUT2D eigenvalue weighted by Crippen LogP contribution is 2.14. The molecule has 0 heterocycles. The molecule has 0 aliphatic carbocycles. The fraction of sp³-hybridized carbons (Fsp3) is 0.538. The van der Waals surface area contributed by atoms with Gasteiger partial charge in [-0.2, -0.15) is 0 Å². The van der Waals surface area contributed by atoms with E-state index in [1.54, 1.807) is 0 Å². The molecule has 0 radical (unpaired) electrons. The Morgan fingerprint density at radius 2 is 0.818 bits per heavy atom. The number of nitrogens with zero attached hydrogens (tertiary/aromatic N) is 2. The van der Waals surface area contributed by atoms with Crippen LogP contribution in [0, 0.1) is 0 Å². The van der Waals surface area contributed by atoms with Crippen LogP contribution < -0.4 is 0 Å². The quantitative estimate of drug-likeness (QED) is 0.198. The summed E-state index contributed by atoms with van der Waals surface area (Å²) in [5.41, 5.74) is 2.91. The van der Waals surface area contributed by atoms with E-state index in [2.05, 4.69) is 114 Å². The molecule has 0 unspecified atom stereocenters. The maximum atomic E-state index is 8.89. The zero-order chi connectivity index (χ0) is 25.4. The van der Waals surface area contributed by atoms with Crippen LogP contribution in [-0.4, -0.2) is 61.2 Å². The Morgan fingerprint density at radius 1 is 0.606 bits per heavy atom. The third-order valence-electron chi connectivity index (χ3n) is 6.75. The number of hydrogen-bond donors (Lipinski definition) is 0. The molecule has 5 nitrogen and oxygen atoms in total. The molecule has 0 aliphatic rings. The highest BCUT2D eigenvalue weighted by molar-refractivity contribution is 8.50. The Morgan fingerprint density at radius 3 is 1.00 bits per heavy atom. The topological polar surface area (TPSA) is 57.2 Å². The van der Waals surface area contributed by atoms with E-state index in [-0.39, 0.29) is 0 Å². The second-order valence-electron chi connectivity index (χ2n) is 8.28. The summed E-state index contributed by atoms with van der Waals surface area (Å²) in [5.74, 6) is 0. The van der Waals surface area contributed by atoms with E-state index in [9.17, 15) is 0 Å². The minimum absolute atomic E-state index is 1.17. The molecule has 2 aromatic carbocycles. The summed E-state index contributed by atoms with van der Waals surface area (Å²) < 4.78 is 29.1. The molecule has 188 valence electrons. The Kier molecular flexibility index (Phi) is 15.6. The van der Waals surface area contributed by atoms with Crippen LogP contribution in [0.25, 0.3) is 0 Å². The van der Waals surface area contributed by atoms with Crippen molar-refractivity contribution in [3.63, 3.8) is 0 Å². The van der Waals surface area contributed by atoms with Gasteiger partial charge in [-0.15, -0.1) is 0 Å². The highest BCUT2D eigenvalue weighted by atomic mass is 33.1. The van der Waals surface area contributed by atoms with Crippen LogP contribution in [0.1, 0.15) is 52.7 Å². The van der Waals surface area contributed by atoms with E-state index < -0.39 is 9.15 Å². The van der Waals surface area contributed by atoms with Crippen LogP contribution in [0.2, 0.25) is 0 Å². The molecule has 0 saturated carbocycles. The molecular weight excluding hydrogens is 452 g/mol. The molecular formula is C26H44N2O3S2. The first-order valence-electron chi connectivity index (χ1n) is 12.0. The van der Waals surface area contributed by atoms with Crippen LogP contribution in [-0.2, 0) is 33.9 Å². The molecule has 0 amide bonds. The largest absolute Gasteiger partial charge is 0.768 e. The molecule has 33 heavy (non-hydrogen) atoms. The van der Waals surface area contributed by atoms with Gasteiger partial charge in [0.25, 0.3) is 0 Å². The maximum absolute atomic E-state index is 8.89. The molecule has 2 rings (SSSR count). The van der Waals surface area contributed by atoms with Crippen molar-refractivity contribution in [3.8, 4) is 0 Å². The Hall–Kier alpha value is -1.38. The SMILES string of the molecule is CC[N+](CC)(CC)Cc1ccccc1.CC[N+](CC)(CC)Cc1ccccc1.O=S(=O)([O-])[S-]. The van der Waals surface area contributed by atoms with Gasteiger partial charge in [-0.3, -0.25) is 8.42 Å². The van der Waals surface area contributed by atoms with Crippen LogP contribution in [0.5, 0.6) is 0 Å². The van der Waals surface area contributed by atoms with Crippen LogP contribution in [0.3, 0.4) is 0 Å². The van der Waals surface area contributed by atoms with Gasteiger partial charge in [0.1, 0.15) is 13.1 Å². The van der Waals surface area contributed by atoms with E-state index in [4.69, 9.17) is 13.0 Å². The van der Waals surface area contributed by atoms with Crippen molar-refractivity contribution in [2.45, 2.75) is 54.6 Å². The lowest BCUT2D eigenvalue weighted by Crippen LogP contribution is -2.46. The first-order chi connectivity index (χ1) is 15.5. The number of rotatable bonds is 10. The van der Waals surface area contributed by atoms with Gasteiger partial charge < -0.3 is 25.2 Å². The lowest BCUT2D eigenvalue weighted by atomic mass is 10.2. The molecule has 0 atom stereocenters. The predicted octanol–water partition coefficient (Wildman–Crippen LogP) is 5.12. The van der Waals surface area contributed by atoms with Gasteiger partial charge in [0.05, 0.1) is 39.3 Å². The van der Waals surface area contributed by atoms with E-state index >= 15 is 0 Å². The fourth-order valence-electron chi connectivity index (χ4n) is 3.95. The first-order valence-corrected chi connectivity index (χ1v) is 14.3. The summed E-state index contributed by atoms with van der Waals surface area (Å²) in [4.78, 5) is 0. The lowest BCUT2D eigenvalue weighted by molar-refractivity contribution is -0.936. The number of hydrogen-bond acceptors (Lipinski definition) is 4. The maximum Gasteiger partial charge on any atom is 0.104 e. The average Bonchev–Trinajstić information content (AvgIpc) is 2.82. The molecule has 7 heteroatoms. The molecule has 0 spiro atoms. The molecule has 2 aromatic rings. The van der Waals surface area contributed by atoms with Gasteiger partial charge >= 0.3 is 0 Å². The summed E-state index contributed by atoms with van der Waals surface area (Å²) >= 11 is 3.24. The average molecular weight is 497 g/mol. The Balaban J connectivity index is 0.000000517. The third-order valence-corrected chi connectivity index (χ3v) is 6.75. The van der Waals surface area contributed by atoms with Gasteiger partial charge in [0.2, 0.25) is 0 Å². The van der Waals surface area contributed by atoms with E-state index in [0.717, 1.165) is 0 Å². The van der Waals surface area contributed by atoms with Crippen LogP contribution in [0.15, 0.2) is 60.7 Å². The van der Waals surface area contributed by atoms with E-state index in [1.807, 2.05) is 0 Å². The van der Waals surface area contributed by atoms with Crippen molar-refractivity contribution >= 4 is 20.8 Å². The van der Waals surface area contributed by atoms with Crippen molar-refractivity contribution < 1.29 is 21.9 Å². The minimum Gasteiger partial charge on any atom is -0.768 e. The summed E-state index contributed by atoms with van der Waals surface area (Å²) in [7, 11) is -4.33. The summed E-state index contributed by atoms with van der Waals surface area (Å²) in [6.07, 6.45) is 0. The smallest absolute Gasteiger partial charge is 0.104 e. The fourth-order valence-corrected chi connectivity index (χ4v) is 3.95. The summed E-state index contributed by atoms with van der Waals surface area (Å²) in [6, 6.07) is 21.6. The van der Waals surface area contributed by atoms with Crippen LogP contribution >= 0.6 is 0 Å². The van der Waals surface area contributed by atoms with Gasteiger partial charge in [0.15, 0.2) is 0 Å². The number of quaternary nitrogens is 2. The molecule has 0 fully saturated rings. The van der Waals surface area contributed by atoms with Crippen molar-refractivity contribution in [3.05, 3.63) is 71.8 Å². The van der Waals surface area contributed by atoms with Gasteiger partial charge in [-0.1, -0.05) is 60.7 Å². The van der Waals surface area contributed by atoms with Gasteiger partial charge in [-0.25, -0.2) is 0 Å².